The van der Waals surface area contributed by atoms with Gasteiger partial charge in [-0.2, -0.15) is 0 Å². The van der Waals surface area contributed by atoms with E-state index in [-0.39, 0.29) is 12.5 Å². The second-order valence-corrected chi connectivity index (χ2v) is 5.53. The number of hydrogen-bond donors (Lipinski definition) is 1. The van der Waals surface area contributed by atoms with Crippen molar-refractivity contribution in [3.8, 4) is 5.75 Å². The maximum Gasteiger partial charge on any atom is 0.258 e. The van der Waals surface area contributed by atoms with Gasteiger partial charge in [-0.15, -0.1) is 0 Å². The molecule has 22 heavy (non-hydrogen) atoms. The number of aromatic nitrogens is 1. The standard InChI is InChI=1S/C18H20N2O2/c21-18(20-12-14-5-4-10-19-11-14)13-22-17-9-3-7-15-6-1-2-8-16(15)17/h3-5,7,9-11H,1-2,6,8,12-13H2,(H,20,21). The summed E-state index contributed by atoms with van der Waals surface area (Å²) >= 11 is 0. The van der Waals surface area contributed by atoms with Crippen LogP contribution in [0.5, 0.6) is 5.75 Å². The van der Waals surface area contributed by atoms with Crippen LogP contribution < -0.4 is 10.1 Å². The Morgan fingerprint density at radius 1 is 1.18 bits per heavy atom. The largest absolute Gasteiger partial charge is 0.483 e. The van der Waals surface area contributed by atoms with Crippen LogP contribution in [0.4, 0.5) is 0 Å². The summed E-state index contributed by atoms with van der Waals surface area (Å²) in [5.41, 5.74) is 3.61. The van der Waals surface area contributed by atoms with Crippen LogP contribution in [0.3, 0.4) is 0 Å². The smallest absolute Gasteiger partial charge is 0.258 e. The number of nitrogens with one attached hydrogen (secondary N) is 1. The third-order valence-electron chi connectivity index (χ3n) is 3.92. The third kappa shape index (κ3) is 3.64. The first-order valence-corrected chi connectivity index (χ1v) is 7.72. The lowest BCUT2D eigenvalue weighted by Crippen LogP contribution is -2.28. The van der Waals surface area contributed by atoms with E-state index in [4.69, 9.17) is 4.74 Å². The maximum absolute atomic E-state index is 11.9. The first-order chi connectivity index (χ1) is 10.8. The third-order valence-corrected chi connectivity index (χ3v) is 3.92. The number of carbonyl (C=O) groups is 1. The van der Waals surface area contributed by atoms with Gasteiger partial charge < -0.3 is 10.1 Å². The molecule has 4 heteroatoms. The van der Waals surface area contributed by atoms with Gasteiger partial charge in [-0.3, -0.25) is 9.78 Å². The van der Waals surface area contributed by atoms with E-state index in [1.165, 1.54) is 24.0 Å². The van der Waals surface area contributed by atoms with Crippen LogP contribution >= 0.6 is 0 Å². The molecule has 0 bridgehead atoms. The number of carbonyl (C=O) groups excluding carboxylic acids is 1. The first kappa shape index (κ1) is 14.6. The van der Waals surface area contributed by atoms with E-state index in [0.29, 0.717) is 6.54 Å². The summed E-state index contributed by atoms with van der Waals surface area (Å²) in [7, 11) is 0. The van der Waals surface area contributed by atoms with E-state index in [1.807, 2.05) is 24.3 Å². The van der Waals surface area contributed by atoms with Crippen molar-refractivity contribution >= 4 is 5.91 Å². The Kier molecular flexibility index (Phi) is 4.68. The van der Waals surface area contributed by atoms with Crippen molar-refractivity contribution in [2.75, 3.05) is 6.61 Å². The zero-order valence-electron chi connectivity index (χ0n) is 12.5. The molecule has 1 aromatic heterocycles. The molecule has 1 aromatic carbocycles. The van der Waals surface area contributed by atoms with Crippen LogP contribution in [0.25, 0.3) is 0 Å². The van der Waals surface area contributed by atoms with Crippen molar-refractivity contribution < 1.29 is 9.53 Å². The number of fused-ring (bicyclic) bond motifs is 1. The molecule has 3 rings (SSSR count). The number of nitrogens with zero attached hydrogens (tertiary/aromatic N) is 1. The predicted octanol–water partition coefficient (Wildman–Crippen LogP) is 2.66. The van der Waals surface area contributed by atoms with Crippen molar-refractivity contribution in [3.63, 3.8) is 0 Å². The minimum Gasteiger partial charge on any atom is -0.483 e. The van der Waals surface area contributed by atoms with Gasteiger partial charge in [0.15, 0.2) is 6.61 Å². The highest BCUT2D eigenvalue weighted by molar-refractivity contribution is 5.77. The minimum absolute atomic E-state index is 0.0523. The molecule has 0 unspecified atom stereocenters. The van der Waals surface area contributed by atoms with Crippen molar-refractivity contribution in [1.29, 1.82) is 0 Å². The number of amides is 1. The summed E-state index contributed by atoms with van der Waals surface area (Å²) in [5.74, 6) is 0.742. The second-order valence-electron chi connectivity index (χ2n) is 5.53. The molecule has 4 nitrogen and oxygen atoms in total. The Balaban J connectivity index is 1.53. The molecule has 0 radical (unpaired) electrons. The van der Waals surface area contributed by atoms with Gasteiger partial charge in [-0.1, -0.05) is 18.2 Å². The van der Waals surface area contributed by atoms with Crippen molar-refractivity contribution in [3.05, 3.63) is 59.4 Å². The second kappa shape index (κ2) is 7.07. The van der Waals surface area contributed by atoms with Gasteiger partial charge in [-0.05, 0) is 54.5 Å². The van der Waals surface area contributed by atoms with Gasteiger partial charge in [0.2, 0.25) is 0 Å². The molecule has 0 saturated heterocycles. The lowest BCUT2D eigenvalue weighted by molar-refractivity contribution is -0.123. The summed E-state index contributed by atoms with van der Waals surface area (Å²) in [5, 5.41) is 2.85. The number of aryl methyl sites for hydroxylation is 1. The number of rotatable bonds is 5. The Morgan fingerprint density at radius 3 is 2.95 bits per heavy atom. The highest BCUT2D eigenvalue weighted by Gasteiger charge is 2.14. The Morgan fingerprint density at radius 2 is 2.09 bits per heavy atom. The molecule has 0 fully saturated rings. The van der Waals surface area contributed by atoms with Gasteiger partial charge in [0.1, 0.15) is 5.75 Å². The van der Waals surface area contributed by atoms with Crippen LogP contribution in [0.1, 0.15) is 29.5 Å². The van der Waals surface area contributed by atoms with E-state index in [2.05, 4.69) is 16.4 Å². The predicted molar refractivity (Wildman–Crippen MR) is 84.7 cm³/mol. The SMILES string of the molecule is O=C(COc1cccc2c1CCCC2)NCc1cccnc1. The van der Waals surface area contributed by atoms with Gasteiger partial charge in [0.05, 0.1) is 0 Å². The number of hydrogen-bond acceptors (Lipinski definition) is 3. The van der Waals surface area contributed by atoms with E-state index < -0.39 is 0 Å². The van der Waals surface area contributed by atoms with E-state index in [9.17, 15) is 4.79 Å². The molecule has 1 aliphatic carbocycles. The van der Waals surface area contributed by atoms with Crippen LogP contribution in [-0.2, 0) is 24.2 Å². The zero-order chi connectivity index (χ0) is 15.2. The summed E-state index contributed by atoms with van der Waals surface area (Å²) < 4.78 is 5.73. The molecule has 1 N–H and O–H groups in total. The summed E-state index contributed by atoms with van der Waals surface area (Å²) in [6.07, 6.45) is 8.05. The van der Waals surface area contributed by atoms with E-state index in [0.717, 1.165) is 24.2 Å². The Labute approximate surface area is 130 Å². The van der Waals surface area contributed by atoms with E-state index >= 15 is 0 Å². The summed E-state index contributed by atoms with van der Waals surface area (Å²) in [6.45, 7) is 0.527. The molecule has 2 aromatic rings. The molecule has 0 atom stereocenters. The first-order valence-electron chi connectivity index (χ1n) is 7.72. The quantitative estimate of drug-likeness (QED) is 0.923. The molecule has 0 aliphatic heterocycles. The van der Waals surface area contributed by atoms with Gasteiger partial charge in [0.25, 0.3) is 5.91 Å². The lowest BCUT2D eigenvalue weighted by Gasteiger charge is -2.19. The average molecular weight is 296 g/mol. The number of ether oxygens (including phenoxy) is 1. The molecule has 1 amide bonds. The fourth-order valence-electron chi connectivity index (χ4n) is 2.78. The number of benzene rings is 1. The molecule has 0 saturated carbocycles. The summed E-state index contributed by atoms with van der Waals surface area (Å²) in [6, 6.07) is 9.91. The van der Waals surface area contributed by atoms with Crippen LogP contribution in [0.2, 0.25) is 0 Å². The van der Waals surface area contributed by atoms with Crippen molar-refractivity contribution in [2.45, 2.75) is 32.2 Å². The zero-order valence-corrected chi connectivity index (χ0v) is 12.5. The van der Waals surface area contributed by atoms with Gasteiger partial charge in [0, 0.05) is 18.9 Å². The highest BCUT2D eigenvalue weighted by Crippen LogP contribution is 2.29. The van der Waals surface area contributed by atoms with Gasteiger partial charge >= 0.3 is 0 Å². The molecular formula is C18H20N2O2. The highest BCUT2D eigenvalue weighted by atomic mass is 16.5. The Bertz CT molecular complexity index is 641. The fourth-order valence-corrected chi connectivity index (χ4v) is 2.78. The van der Waals surface area contributed by atoms with Crippen molar-refractivity contribution in [2.24, 2.45) is 0 Å². The van der Waals surface area contributed by atoms with Crippen LogP contribution in [0, 0.1) is 0 Å². The maximum atomic E-state index is 11.9. The molecule has 0 spiro atoms. The molecule has 114 valence electrons. The average Bonchev–Trinajstić information content (AvgIpc) is 2.59. The van der Waals surface area contributed by atoms with Crippen molar-refractivity contribution in [1.82, 2.24) is 10.3 Å². The van der Waals surface area contributed by atoms with Crippen LogP contribution in [0.15, 0.2) is 42.7 Å². The lowest BCUT2D eigenvalue weighted by atomic mass is 9.91. The van der Waals surface area contributed by atoms with E-state index in [1.54, 1.807) is 12.4 Å². The molecular weight excluding hydrogens is 276 g/mol. The Hall–Kier alpha value is -2.36. The minimum atomic E-state index is -0.114. The summed E-state index contributed by atoms with van der Waals surface area (Å²) in [4.78, 5) is 15.9. The topological polar surface area (TPSA) is 51.2 Å². The molecule has 1 heterocycles. The number of pyridine rings is 1. The molecule has 1 aliphatic rings. The van der Waals surface area contributed by atoms with Crippen LogP contribution in [-0.4, -0.2) is 17.5 Å². The fraction of sp³-hybridized carbons (Fsp3) is 0.333. The van der Waals surface area contributed by atoms with Gasteiger partial charge in [-0.25, -0.2) is 0 Å². The normalized spacial score (nSPS) is 13.3. The monoisotopic (exact) mass is 296 g/mol.